The maximum Gasteiger partial charge on any atom is 0.408 e. The molecule has 4 nitrogen and oxygen atoms in total. The summed E-state index contributed by atoms with van der Waals surface area (Å²) < 4.78 is 82.6. The molecule has 0 spiro atoms. The maximum absolute atomic E-state index is 13.1. The van der Waals surface area contributed by atoms with Gasteiger partial charge in [0, 0.05) is 0 Å². The fraction of sp³-hybridized carbons (Fsp3) is 0.636. The Morgan fingerprint density at radius 1 is 1.14 bits per heavy atom. The van der Waals surface area contributed by atoms with Crippen molar-refractivity contribution in [3.8, 4) is 0 Å². The first kappa shape index (κ1) is 19.3. The van der Waals surface area contributed by atoms with Crippen molar-refractivity contribution in [3.05, 3.63) is 12.2 Å². The summed E-state index contributed by atoms with van der Waals surface area (Å²) >= 11 is 0. The minimum atomic E-state index is -6.10. The first-order valence-corrected chi connectivity index (χ1v) is 5.47. The normalized spacial score (nSPS) is 14.5. The summed E-state index contributed by atoms with van der Waals surface area (Å²) in [4.78, 5) is 22.0. The first-order valence-electron chi connectivity index (χ1n) is 5.47. The molecule has 0 fully saturated rings. The quantitative estimate of drug-likeness (QED) is 0.480. The van der Waals surface area contributed by atoms with E-state index in [1.807, 2.05) is 0 Å². The molecule has 0 saturated heterocycles. The van der Waals surface area contributed by atoms with E-state index in [-0.39, 0.29) is 0 Å². The van der Waals surface area contributed by atoms with Gasteiger partial charge in [0.05, 0.1) is 18.1 Å². The molecule has 0 bridgehead atoms. The van der Waals surface area contributed by atoms with Crippen molar-refractivity contribution in [1.29, 1.82) is 0 Å². The number of esters is 1. The number of ether oxygens (including phenoxy) is 1. The molecule has 1 unspecified atom stereocenters. The first-order chi connectivity index (χ1) is 9.25. The van der Waals surface area contributed by atoms with Crippen molar-refractivity contribution in [3.63, 3.8) is 0 Å². The van der Waals surface area contributed by atoms with E-state index in [9.17, 15) is 35.9 Å². The largest absolute Gasteiger partial charge is 0.478 e. The molecule has 10 heteroatoms. The van der Waals surface area contributed by atoms with E-state index in [2.05, 4.69) is 11.3 Å². The zero-order chi connectivity index (χ0) is 17.2. The Morgan fingerprint density at radius 3 is 1.76 bits per heavy atom. The highest BCUT2D eigenvalue weighted by Gasteiger charge is 2.77. The lowest BCUT2D eigenvalue weighted by Gasteiger charge is -2.40. The fourth-order valence-electron chi connectivity index (χ4n) is 1.87. The lowest BCUT2D eigenvalue weighted by Crippen LogP contribution is -2.58. The van der Waals surface area contributed by atoms with Crippen LogP contribution in [-0.4, -0.2) is 36.0 Å². The third-order valence-electron chi connectivity index (χ3n) is 2.92. The Hall–Kier alpha value is -1.74. The highest BCUT2D eigenvalue weighted by molar-refractivity contribution is 5.90. The van der Waals surface area contributed by atoms with Crippen LogP contribution >= 0.6 is 0 Å². The predicted octanol–water partition coefficient (Wildman–Crippen LogP) is 2.94. The Balaban J connectivity index is 6.39. The molecule has 1 N–H and O–H groups in total. The summed E-state index contributed by atoms with van der Waals surface area (Å²) in [6.07, 6.45) is -12.2. The zero-order valence-corrected chi connectivity index (χ0v) is 10.9. The molecule has 0 aliphatic heterocycles. The molecule has 0 aromatic rings. The van der Waals surface area contributed by atoms with Gasteiger partial charge in [0.1, 0.15) is 0 Å². The molecule has 122 valence electrons. The topological polar surface area (TPSA) is 63.6 Å². The summed E-state index contributed by atoms with van der Waals surface area (Å²) in [5, 5.41) is 8.55. The molecule has 0 aromatic heterocycles. The average Bonchev–Trinajstić information content (AvgIpc) is 2.25. The number of carbonyl (C=O) groups excluding carboxylic acids is 1. The van der Waals surface area contributed by atoms with Gasteiger partial charge in [0.2, 0.25) is 5.41 Å². The molecule has 0 rings (SSSR count). The molecular weight excluding hydrogens is 310 g/mol. The van der Waals surface area contributed by atoms with Crippen molar-refractivity contribution in [2.45, 2.75) is 26.2 Å². The van der Waals surface area contributed by atoms with E-state index in [1.165, 1.54) is 6.92 Å². The Kier molecular flexibility index (Phi) is 5.45. The second-order valence-corrected chi connectivity index (χ2v) is 4.06. The molecule has 0 aromatic carbocycles. The number of carboxylic acids is 1. The van der Waals surface area contributed by atoms with Crippen LogP contribution in [0.4, 0.5) is 26.3 Å². The Bertz CT molecular complexity index is 423. The summed E-state index contributed by atoms with van der Waals surface area (Å²) in [5.74, 6) is -7.20. The molecular formula is C11H12F6O4. The van der Waals surface area contributed by atoms with Crippen LogP contribution in [-0.2, 0) is 14.3 Å². The molecule has 0 amide bonds. The molecule has 21 heavy (non-hydrogen) atoms. The molecule has 0 heterocycles. The van der Waals surface area contributed by atoms with Crippen LogP contribution in [0, 0.1) is 11.3 Å². The maximum atomic E-state index is 13.1. The van der Waals surface area contributed by atoms with Crippen LogP contribution in [0.1, 0.15) is 13.8 Å². The van der Waals surface area contributed by atoms with Gasteiger partial charge in [-0.15, -0.1) is 0 Å². The minimum absolute atomic E-state index is 0.299. The van der Waals surface area contributed by atoms with Gasteiger partial charge in [-0.05, 0) is 6.92 Å². The van der Waals surface area contributed by atoms with E-state index >= 15 is 0 Å². The number of aliphatic carboxylic acids is 1. The van der Waals surface area contributed by atoms with E-state index in [4.69, 9.17) is 5.11 Å². The number of alkyl halides is 6. The summed E-state index contributed by atoms with van der Waals surface area (Å²) in [6, 6.07) is 0. The highest BCUT2D eigenvalue weighted by Crippen LogP contribution is 2.59. The zero-order valence-electron chi connectivity index (χ0n) is 10.9. The smallest absolute Gasteiger partial charge is 0.408 e. The molecule has 0 aliphatic carbocycles. The van der Waals surface area contributed by atoms with Gasteiger partial charge in [-0.3, -0.25) is 4.79 Å². The van der Waals surface area contributed by atoms with Gasteiger partial charge in [0.15, 0.2) is 0 Å². The standard InChI is InChI=1S/C11H12F6O4/c1-4-21-8(20)6(3)9(10(12,13)14,11(15,16)17)5(2)7(18)19/h6H,2,4H2,1,3H3,(H,18,19). The predicted molar refractivity (Wildman–Crippen MR) is 57.1 cm³/mol. The van der Waals surface area contributed by atoms with Crippen LogP contribution in [0.15, 0.2) is 12.2 Å². The molecule has 0 radical (unpaired) electrons. The van der Waals surface area contributed by atoms with E-state index in [1.54, 1.807) is 0 Å². The van der Waals surface area contributed by atoms with Gasteiger partial charge in [0.25, 0.3) is 0 Å². The molecule has 1 atom stereocenters. The summed E-state index contributed by atoms with van der Waals surface area (Å²) in [5.41, 5.74) is -7.12. The monoisotopic (exact) mass is 322 g/mol. The van der Waals surface area contributed by atoms with E-state index < -0.39 is 47.8 Å². The summed E-state index contributed by atoms with van der Waals surface area (Å²) in [7, 11) is 0. The highest BCUT2D eigenvalue weighted by atomic mass is 19.4. The second kappa shape index (κ2) is 5.94. The third-order valence-corrected chi connectivity index (χ3v) is 2.92. The fourth-order valence-corrected chi connectivity index (χ4v) is 1.87. The van der Waals surface area contributed by atoms with Crippen molar-refractivity contribution >= 4 is 11.9 Å². The van der Waals surface area contributed by atoms with Gasteiger partial charge in [-0.1, -0.05) is 13.5 Å². The van der Waals surface area contributed by atoms with Crippen LogP contribution in [0.25, 0.3) is 0 Å². The van der Waals surface area contributed by atoms with Gasteiger partial charge < -0.3 is 9.84 Å². The van der Waals surface area contributed by atoms with Crippen molar-refractivity contribution in [1.82, 2.24) is 0 Å². The lowest BCUT2D eigenvalue weighted by atomic mass is 9.69. The number of hydrogen-bond acceptors (Lipinski definition) is 3. The average molecular weight is 322 g/mol. The number of rotatable bonds is 5. The number of halogens is 6. The van der Waals surface area contributed by atoms with Crippen molar-refractivity contribution < 1.29 is 45.8 Å². The van der Waals surface area contributed by atoms with E-state index in [0.717, 1.165) is 0 Å². The molecule has 0 aliphatic rings. The SMILES string of the molecule is C=C(C(=O)O)C(C(C)C(=O)OCC)(C(F)(F)F)C(F)(F)F. The van der Waals surface area contributed by atoms with E-state index in [0.29, 0.717) is 6.92 Å². The van der Waals surface area contributed by atoms with Crippen molar-refractivity contribution in [2.24, 2.45) is 11.3 Å². The van der Waals surface area contributed by atoms with Gasteiger partial charge in [-0.2, -0.15) is 26.3 Å². The van der Waals surface area contributed by atoms with Crippen LogP contribution < -0.4 is 0 Å². The Morgan fingerprint density at radius 2 is 1.52 bits per heavy atom. The van der Waals surface area contributed by atoms with Crippen LogP contribution in [0.3, 0.4) is 0 Å². The van der Waals surface area contributed by atoms with Crippen LogP contribution in [0.2, 0.25) is 0 Å². The number of carboxylic acid groups (broad SMARTS) is 1. The number of carbonyl (C=O) groups is 2. The second-order valence-electron chi connectivity index (χ2n) is 4.06. The number of hydrogen-bond donors (Lipinski definition) is 1. The lowest BCUT2D eigenvalue weighted by molar-refractivity contribution is -0.339. The Labute approximate surface area is 115 Å². The van der Waals surface area contributed by atoms with Gasteiger partial charge >= 0.3 is 24.3 Å². The van der Waals surface area contributed by atoms with Crippen LogP contribution in [0.5, 0.6) is 0 Å². The van der Waals surface area contributed by atoms with Crippen molar-refractivity contribution in [2.75, 3.05) is 6.61 Å². The minimum Gasteiger partial charge on any atom is -0.478 e. The van der Waals surface area contributed by atoms with Gasteiger partial charge in [-0.25, -0.2) is 4.79 Å². The molecule has 0 saturated carbocycles. The third kappa shape index (κ3) is 3.13. The summed E-state index contributed by atoms with van der Waals surface area (Å²) in [6.45, 7) is 3.39.